The second-order valence-electron chi connectivity index (χ2n) is 11.6. The first-order valence-electron chi connectivity index (χ1n) is 15.0. The molecule has 1 heterocycles. The molecule has 0 saturated carbocycles. The first-order chi connectivity index (χ1) is 21.3. The maximum Gasteiger partial charge on any atom is 0.128 e. The number of rotatable bonds is 3. The third-order valence-electron chi connectivity index (χ3n) is 9.21. The van der Waals surface area contributed by atoms with Crippen LogP contribution in [0.2, 0.25) is 0 Å². The maximum absolute atomic E-state index is 6.28. The van der Waals surface area contributed by atoms with Crippen LogP contribution >= 0.6 is 0 Å². The van der Waals surface area contributed by atoms with Gasteiger partial charge in [0.2, 0.25) is 0 Å². The predicted molar refractivity (Wildman–Crippen MR) is 181 cm³/mol. The lowest BCUT2D eigenvalue weighted by Gasteiger charge is -2.18. The van der Waals surface area contributed by atoms with E-state index < -0.39 is 0 Å². The van der Waals surface area contributed by atoms with Crippen molar-refractivity contribution in [3.63, 3.8) is 0 Å². The molecule has 0 radical (unpaired) electrons. The first-order valence-corrected chi connectivity index (χ1v) is 15.0. The highest BCUT2D eigenvalue weighted by Crippen LogP contribution is 2.47. The lowest BCUT2D eigenvalue weighted by molar-refractivity contribution is 0.269. The Morgan fingerprint density at radius 1 is 0.442 bits per heavy atom. The number of hydrogen-bond donors (Lipinski definition) is 0. The first kappa shape index (κ1) is 24.2. The highest BCUT2D eigenvalue weighted by atomic mass is 16.5. The maximum atomic E-state index is 6.28. The van der Waals surface area contributed by atoms with Gasteiger partial charge in [-0.05, 0) is 83.9 Å². The van der Waals surface area contributed by atoms with E-state index >= 15 is 0 Å². The van der Waals surface area contributed by atoms with Gasteiger partial charge in [-0.3, -0.25) is 0 Å². The SMILES string of the molecule is C1=CC2Oc3ccc(-c4c5ccccc5c(-c5ccc(-c6cccc7ccccc67)cc5)c5ccccc45)cc3C2C=C1. The quantitative estimate of drug-likeness (QED) is 0.200. The van der Waals surface area contributed by atoms with E-state index in [1.807, 2.05) is 0 Å². The molecule has 0 saturated heterocycles. The van der Waals surface area contributed by atoms with Gasteiger partial charge in [-0.2, -0.15) is 0 Å². The van der Waals surface area contributed by atoms with Crippen molar-refractivity contribution in [3.05, 3.63) is 163 Å². The van der Waals surface area contributed by atoms with Crippen molar-refractivity contribution in [1.29, 1.82) is 0 Å². The molecule has 9 rings (SSSR count). The van der Waals surface area contributed by atoms with Gasteiger partial charge in [0.1, 0.15) is 11.9 Å². The zero-order valence-electron chi connectivity index (χ0n) is 23.6. The molecule has 202 valence electrons. The lowest BCUT2D eigenvalue weighted by atomic mass is 9.84. The molecule has 2 unspecified atom stereocenters. The summed E-state index contributed by atoms with van der Waals surface area (Å²) in [6.07, 6.45) is 8.74. The summed E-state index contributed by atoms with van der Waals surface area (Å²) in [6.45, 7) is 0. The van der Waals surface area contributed by atoms with Crippen LogP contribution in [-0.2, 0) is 0 Å². The van der Waals surface area contributed by atoms with Crippen molar-refractivity contribution in [3.8, 4) is 39.1 Å². The molecule has 0 N–H and O–H groups in total. The molecule has 1 nitrogen and oxygen atoms in total. The van der Waals surface area contributed by atoms with Crippen molar-refractivity contribution in [2.75, 3.05) is 0 Å². The predicted octanol–water partition coefficient (Wildman–Crippen LogP) is 11.1. The van der Waals surface area contributed by atoms with Gasteiger partial charge >= 0.3 is 0 Å². The molecular weight excluding hydrogens is 520 g/mol. The van der Waals surface area contributed by atoms with Crippen LogP contribution in [0.1, 0.15) is 11.5 Å². The van der Waals surface area contributed by atoms with E-state index in [2.05, 4.69) is 158 Å². The molecule has 2 atom stereocenters. The fourth-order valence-electron chi connectivity index (χ4n) is 7.24. The van der Waals surface area contributed by atoms with Gasteiger partial charge < -0.3 is 4.74 Å². The van der Waals surface area contributed by atoms with Gasteiger partial charge in [0.15, 0.2) is 0 Å². The minimum Gasteiger partial charge on any atom is -0.485 e. The second kappa shape index (κ2) is 9.58. The van der Waals surface area contributed by atoms with E-state index in [1.54, 1.807) is 0 Å². The topological polar surface area (TPSA) is 9.23 Å². The molecule has 7 aromatic rings. The van der Waals surface area contributed by atoms with E-state index in [9.17, 15) is 0 Å². The Bertz CT molecular complexity index is 2210. The molecule has 2 aliphatic rings. The molecule has 1 heteroatoms. The second-order valence-corrected chi connectivity index (χ2v) is 11.6. The van der Waals surface area contributed by atoms with Gasteiger partial charge in [0.05, 0.1) is 0 Å². The van der Waals surface area contributed by atoms with E-state index in [4.69, 9.17) is 4.74 Å². The number of hydrogen-bond acceptors (Lipinski definition) is 1. The minimum atomic E-state index is 0.0861. The van der Waals surface area contributed by atoms with Crippen molar-refractivity contribution in [2.24, 2.45) is 0 Å². The van der Waals surface area contributed by atoms with Crippen LogP contribution in [0, 0.1) is 0 Å². The summed E-state index contributed by atoms with van der Waals surface area (Å²) in [6, 6.07) is 48.8. The van der Waals surface area contributed by atoms with Crippen molar-refractivity contribution in [1.82, 2.24) is 0 Å². The highest BCUT2D eigenvalue weighted by molar-refractivity contribution is 6.21. The standard InChI is InChI=1S/C42H28O/c1-2-12-31-27(10-1)11-9-18-32(31)28-20-22-29(23-21-28)41-34-14-3-5-16-36(34)42(37-17-6-4-15-35(37)41)30-24-25-40-38(26-30)33-13-7-8-19-39(33)43-40/h1-26,33,39H. The van der Waals surface area contributed by atoms with E-state index in [0.717, 1.165) is 5.75 Å². The molecular formula is C42H28O. The third kappa shape index (κ3) is 3.78. The fourth-order valence-corrected chi connectivity index (χ4v) is 7.24. The molecule has 0 aromatic heterocycles. The fraction of sp³-hybridized carbons (Fsp3) is 0.0476. The zero-order valence-corrected chi connectivity index (χ0v) is 23.6. The molecule has 0 fully saturated rings. The van der Waals surface area contributed by atoms with Crippen molar-refractivity contribution in [2.45, 2.75) is 12.0 Å². The summed E-state index contributed by atoms with van der Waals surface area (Å²) in [5.74, 6) is 1.25. The summed E-state index contributed by atoms with van der Waals surface area (Å²) in [5.41, 5.74) is 8.79. The zero-order chi connectivity index (χ0) is 28.3. The van der Waals surface area contributed by atoms with Crippen LogP contribution in [-0.4, -0.2) is 6.10 Å². The average molecular weight is 549 g/mol. The summed E-state index contributed by atoms with van der Waals surface area (Å²) >= 11 is 0. The van der Waals surface area contributed by atoms with Crippen molar-refractivity contribution >= 4 is 32.3 Å². The molecule has 0 amide bonds. The Kier molecular flexibility index (Phi) is 5.39. The molecule has 7 aromatic carbocycles. The molecule has 1 aliphatic heterocycles. The Morgan fingerprint density at radius 2 is 1.00 bits per heavy atom. The summed E-state index contributed by atoms with van der Waals surface area (Å²) in [5, 5.41) is 7.62. The van der Waals surface area contributed by atoms with Crippen LogP contribution < -0.4 is 4.74 Å². The average Bonchev–Trinajstić information content (AvgIpc) is 3.45. The number of ether oxygens (including phenoxy) is 1. The van der Waals surface area contributed by atoms with Gasteiger partial charge in [0.25, 0.3) is 0 Å². The largest absolute Gasteiger partial charge is 0.485 e. The minimum absolute atomic E-state index is 0.0861. The molecule has 1 aliphatic carbocycles. The number of benzene rings is 7. The van der Waals surface area contributed by atoms with Gasteiger partial charge in [-0.15, -0.1) is 0 Å². The van der Waals surface area contributed by atoms with Crippen LogP contribution in [0.4, 0.5) is 0 Å². The number of allylic oxidation sites excluding steroid dienone is 2. The smallest absolute Gasteiger partial charge is 0.128 e. The summed E-state index contributed by atoms with van der Waals surface area (Å²) in [4.78, 5) is 0. The van der Waals surface area contributed by atoms with E-state index in [1.165, 1.54) is 71.3 Å². The monoisotopic (exact) mass is 548 g/mol. The normalized spacial score (nSPS) is 16.8. The van der Waals surface area contributed by atoms with Crippen LogP contribution in [0.25, 0.3) is 65.7 Å². The summed E-state index contributed by atoms with van der Waals surface area (Å²) < 4.78 is 6.28. The summed E-state index contributed by atoms with van der Waals surface area (Å²) in [7, 11) is 0. The van der Waals surface area contributed by atoms with Crippen molar-refractivity contribution < 1.29 is 4.74 Å². The van der Waals surface area contributed by atoms with E-state index in [0.29, 0.717) is 0 Å². The van der Waals surface area contributed by atoms with Gasteiger partial charge in [-0.1, -0.05) is 140 Å². The third-order valence-corrected chi connectivity index (χ3v) is 9.21. The van der Waals surface area contributed by atoms with Gasteiger partial charge in [-0.25, -0.2) is 0 Å². The molecule has 43 heavy (non-hydrogen) atoms. The van der Waals surface area contributed by atoms with E-state index in [-0.39, 0.29) is 12.0 Å². The van der Waals surface area contributed by atoms with Crippen LogP contribution in [0.15, 0.2) is 158 Å². The van der Waals surface area contributed by atoms with Crippen LogP contribution in [0.3, 0.4) is 0 Å². The molecule has 0 spiro atoms. The Hall–Kier alpha value is -5.40. The highest BCUT2D eigenvalue weighted by Gasteiger charge is 2.32. The van der Waals surface area contributed by atoms with Gasteiger partial charge in [0, 0.05) is 11.5 Å². The molecule has 0 bridgehead atoms. The Morgan fingerprint density at radius 3 is 1.72 bits per heavy atom. The number of fused-ring (bicyclic) bond motifs is 6. The van der Waals surface area contributed by atoms with Crippen LogP contribution in [0.5, 0.6) is 5.75 Å². The Balaban J connectivity index is 1.24. The lowest BCUT2D eigenvalue weighted by Crippen LogP contribution is -2.15. The Labute approximate surface area is 251 Å².